The molecule has 3 aromatic rings. The van der Waals surface area contributed by atoms with Gasteiger partial charge in [0.1, 0.15) is 0 Å². The SMILES string of the molecule is CCN(CC)c1ccc(C(=O)c2cc(C(=O)O)c(C(=O)c3ccc(N(CC)CC)cc3)cc2C(=O)O)cc1. The van der Waals surface area contributed by atoms with Gasteiger partial charge in [-0.25, -0.2) is 9.59 Å². The second-order valence-electron chi connectivity index (χ2n) is 8.65. The van der Waals surface area contributed by atoms with Crippen LogP contribution in [0.3, 0.4) is 0 Å². The van der Waals surface area contributed by atoms with Crippen molar-refractivity contribution in [2.24, 2.45) is 0 Å². The maximum atomic E-state index is 13.3. The van der Waals surface area contributed by atoms with E-state index in [1.54, 1.807) is 48.5 Å². The van der Waals surface area contributed by atoms with Crippen LogP contribution in [0.15, 0.2) is 60.7 Å². The molecule has 198 valence electrons. The summed E-state index contributed by atoms with van der Waals surface area (Å²) in [6.07, 6.45) is 0. The number of nitrogens with zero attached hydrogens (tertiary/aromatic N) is 2. The molecule has 0 saturated heterocycles. The summed E-state index contributed by atoms with van der Waals surface area (Å²) < 4.78 is 0. The Balaban J connectivity index is 2.06. The predicted octanol–water partition coefficient (Wildman–Crippen LogP) is 5.24. The summed E-state index contributed by atoms with van der Waals surface area (Å²) in [5, 5.41) is 19.8. The molecule has 3 aromatic carbocycles. The Kier molecular flexibility index (Phi) is 9.02. The number of rotatable bonds is 12. The first-order chi connectivity index (χ1) is 18.2. The molecule has 0 unspecified atom stereocenters. The van der Waals surface area contributed by atoms with Crippen molar-refractivity contribution in [1.82, 2.24) is 0 Å². The first kappa shape index (κ1) is 28.1. The topological polar surface area (TPSA) is 115 Å². The number of benzene rings is 3. The largest absolute Gasteiger partial charge is 0.478 e. The Hall–Kier alpha value is -4.46. The average Bonchev–Trinajstić information content (AvgIpc) is 2.93. The van der Waals surface area contributed by atoms with Crippen LogP contribution in [0.1, 0.15) is 80.3 Å². The summed E-state index contributed by atoms with van der Waals surface area (Å²) >= 11 is 0. The second kappa shape index (κ2) is 12.2. The summed E-state index contributed by atoms with van der Waals surface area (Å²) in [6, 6.07) is 15.4. The van der Waals surface area contributed by atoms with Gasteiger partial charge in [-0.15, -0.1) is 0 Å². The van der Waals surface area contributed by atoms with Gasteiger partial charge in [0.25, 0.3) is 0 Å². The van der Waals surface area contributed by atoms with E-state index in [1.807, 2.05) is 27.7 Å². The van der Waals surface area contributed by atoms with Crippen LogP contribution in [-0.2, 0) is 0 Å². The van der Waals surface area contributed by atoms with Gasteiger partial charge >= 0.3 is 11.9 Å². The quantitative estimate of drug-likeness (QED) is 0.314. The lowest BCUT2D eigenvalue weighted by atomic mass is 9.90. The molecule has 0 radical (unpaired) electrons. The fraction of sp³-hybridized carbons (Fsp3) is 0.267. The van der Waals surface area contributed by atoms with Crippen molar-refractivity contribution in [3.63, 3.8) is 0 Å². The third-order valence-electron chi connectivity index (χ3n) is 6.62. The normalized spacial score (nSPS) is 10.6. The number of carboxylic acids is 2. The summed E-state index contributed by atoms with van der Waals surface area (Å²) in [7, 11) is 0. The van der Waals surface area contributed by atoms with Crippen LogP contribution in [0, 0.1) is 0 Å². The molecule has 0 aliphatic heterocycles. The Morgan fingerprint density at radius 3 is 1.05 bits per heavy atom. The Morgan fingerprint density at radius 1 is 0.526 bits per heavy atom. The van der Waals surface area contributed by atoms with E-state index < -0.39 is 34.6 Å². The van der Waals surface area contributed by atoms with Crippen LogP contribution < -0.4 is 9.80 Å². The van der Waals surface area contributed by atoms with Crippen molar-refractivity contribution in [1.29, 1.82) is 0 Å². The molecule has 8 nitrogen and oxygen atoms in total. The Bertz CT molecular complexity index is 1230. The number of hydrogen-bond acceptors (Lipinski definition) is 6. The van der Waals surface area contributed by atoms with Crippen LogP contribution in [0.25, 0.3) is 0 Å². The first-order valence-corrected chi connectivity index (χ1v) is 12.6. The number of hydrogen-bond donors (Lipinski definition) is 2. The second-order valence-corrected chi connectivity index (χ2v) is 8.65. The zero-order valence-electron chi connectivity index (χ0n) is 22.0. The van der Waals surface area contributed by atoms with E-state index >= 15 is 0 Å². The number of carbonyl (C=O) groups is 4. The maximum absolute atomic E-state index is 13.3. The molecule has 0 fully saturated rings. The summed E-state index contributed by atoms with van der Waals surface area (Å²) in [5.74, 6) is -4.15. The lowest BCUT2D eigenvalue weighted by Gasteiger charge is -2.21. The summed E-state index contributed by atoms with van der Waals surface area (Å²) in [4.78, 5) is 55.1. The third-order valence-corrected chi connectivity index (χ3v) is 6.62. The van der Waals surface area contributed by atoms with Crippen molar-refractivity contribution < 1.29 is 29.4 Å². The van der Waals surface area contributed by atoms with E-state index in [-0.39, 0.29) is 22.3 Å². The van der Waals surface area contributed by atoms with Crippen molar-refractivity contribution >= 4 is 34.9 Å². The molecule has 2 N–H and O–H groups in total. The van der Waals surface area contributed by atoms with E-state index in [1.165, 1.54) is 0 Å². The standard InChI is InChI=1S/C30H32N2O6/c1-5-31(6-2)21-13-9-19(10-14-21)27(33)23-17-26(30(37)38)24(18-25(23)29(35)36)28(34)20-11-15-22(16-12-20)32(7-3)8-4/h9-18H,5-8H2,1-4H3,(H,35,36)(H,37,38). The molecule has 0 aromatic heterocycles. The molecule has 0 spiro atoms. The maximum Gasteiger partial charge on any atom is 0.336 e. The van der Waals surface area contributed by atoms with Gasteiger partial charge in [-0.1, -0.05) is 0 Å². The van der Waals surface area contributed by atoms with Crippen LogP contribution in [0.4, 0.5) is 11.4 Å². The van der Waals surface area contributed by atoms with E-state index in [9.17, 15) is 29.4 Å². The summed E-state index contributed by atoms with van der Waals surface area (Å²) in [6.45, 7) is 11.2. The van der Waals surface area contributed by atoms with Gasteiger partial charge in [0.15, 0.2) is 11.6 Å². The van der Waals surface area contributed by atoms with Crippen molar-refractivity contribution in [3.8, 4) is 0 Å². The minimum absolute atomic E-state index is 0.214. The van der Waals surface area contributed by atoms with Crippen molar-refractivity contribution in [3.05, 3.63) is 94.0 Å². The molecular weight excluding hydrogens is 484 g/mol. The highest BCUT2D eigenvalue weighted by Gasteiger charge is 2.27. The molecular formula is C30H32N2O6. The Labute approximate surface area is 222 Å². The van der Waals surface area contributed by atoms with Crippen molar-refractivity contribution in [2.75, 3.05) is 36.0 Å². The van der Waals surface area contributed by atoms with Gasteiger partial charge in [0, 0.05) is 59.8 Å². The number of carboxylic acid groups (broad SMARTS) is 2. The van der Waals surface area contributed by atoms with Crippen molar-refractivity contribution in [2.45, 2.75) is 27.7 Å². The zero-order valence-corrected chi connectivity index (χ0v) is 22.0. The molecule has 0 bridgehead atoms. The smallest absolute Gasteiger partial charge is 0.336 e. The van der Waals surface area contributed by atoms with Crippen LogP contribution in [0.5, 0.6) is 0 Å². The molecule has 0 atom stereocenters. The third kappa shape index (κ3) is 5.75. The number of aromatic carboxylic acids is 2. The fourth-order valence-electron chi connectivity index (χ4n) is 4.47. The lowest BCUT2D eigenvalue weighted by Crippen LogP contribution is -2.22. The van der Waals surface area contributed by atoms with Gasteiger partial charge in [-0.2, -0.15) is 0 Å². The minimum Gasteiger partial charge on any atom is -0.478 e. The molecule has 0 aliphatic carbocycles. The van der Waals surface area contributed by atoms with E-state index in [0.717, 1.165) is 49.7 Å². The van der Waals surface area contributed by atoms with Crippen LogP contribution >= 0.6 is 0 Å². The average molecular weight is 517 g/mol. The van der Waals surface area contributed by atoms with Crippen LogP contribution in [0.2, 0.25) is 0 Å². The lowest BCUT2D eigenvalue weighted by molar-refractivity contribution is 0.0677. The molecule has 0 heterocycles. The highest BCUT2D eigenvalue weighted by atomic mass is 16.4. The number of ketones is 2. The summed E-state index contributed by atoms with van der Waals surface area (Å²) in [5.41, 5.74) is 0.787. The zero-order chi connectivity index (χ0) is 28.0. The fourth-order valence-corrected chi connectivity index (χ4v) is 4.47. The van der Waals surface area contributed by atoms with Gasteiger partial charge in [0.2, 0.25) is 0 Å². The van der Waals surface area contributed by atoms with E-state index in [0.29, 0.717) is 0 Å². The van der Waals surface area contributed by atoms with E-state index in [2.05, 4.69) is 9.80 Å². The minimum atomic E-state index is -1.43. The molecule has 0 amide bonds. The molecule has 0 saturated carbocycles. The van der Waals surface area contributed by atoms with Gasteiger partial charge in [0.05, 0.1) is 11.1 Å². The number of carbonyl (C=O) groups excluding carboxylic acids is 2. The molecule has 8 heteroatoms. The molecule has 38 heavy (non-hydrogen) atoms. The predicted molar refractivity (Wildman–Crippen MR) is 147 cm³/mol. The Morgan fingerprint density at radius 2 is 0.816 bits per heavy atom. The number of anilines is 2. The van der Waals surface area contributed by atoms with Gasteiger partial charge in [-0.3, -0.25) is 9.59 Å². The monoisotopic (exact) mass is 516 g/mol. The molecule has 3 rings (SSSR count). The first-order valence-electron chi connectivity index (χ1n) is 12.6. The van der Waals surface area contributed by atoms with Gasteiger partial charge in [-0.05, 0) is 88.4 Å². The highest BCUT2D eigenvalue weighted by molar-refractivity contribution is 6.19. The van der Waals surface area contributed by atoms with E-state index in [4.69, 9.17) is 0 Å². The molecule has 0 aliphatic rings. The van der Waals surface area contributed by atoms with Gasteiger partial charge < -0.3 is 20.0 Å². The van der Waals surface area contributed by atoms with Crippen LogP contribution in [-0.4, -0.2) is 59.9 Å². The highest BCUT2D eigenvalue weighted by Crippen LogP contribution is 2.25.